The fraction of sp³-hybridized carbons (Fsp3) is 0.529. The zero-order valence-electron chi connectivity index (χ0n) is 14.5. The summed E-state index contributed by atoms with van der Waals surface area (Å²) in [5, 5.41) is 13.7. The molecule has 0 spiro atoms. The summed E-state index contributed by atoms with van der Waals surface area (Å²) < 4.78 is 5.02. The van der Waals surface area contributed by atoms with Crippen LogP contribution in [0.3, 0.4) is 0 Å². The fourth-order valence-corrected chi connectivity index (χ4v) is 2.94. The minimum atomic E-state index is -0.507. The molecule has 2 rings (SSSR count). The average molecular weight is 349 g/mol. The number of carbonyl (C=O) groups excluding carboxylic acids is 2. The number of rotatable bonds is 6. The Hall–Kier alpha value is -2.48. The van der Waals surface area contributed by atoms with E-state index in [4.69, 9.17) is 4.74 Å². The zero-order valence-corrected chi connectivity index (χ0v) is 14.5. The second-order valence-corrected chi connectivity index (χ2v) is 6.08. The number of ether oxygens (including phenoxy) is 1. The Labute approximate surface area is 146 Å². The molecule has 8 nitrogen and oxygen atoms in total. The molecule has 1 aliphatic rings. The van der Waals surface area contributed by atoms with Crippen LogP contribution in [0, 0.1) is 23.0 Å². The van der Waals surface area contributed by atoms with Crippen LogP contribution in [0.25, 0.3) is 0 Å². The van der Waals surface area contributed by atoms with Crippen molar-refractivity contribution in [2.75, 3.05) is 31.6 Å². The van der Waals surface area contributed by atoms with Crippen LogP contribution in [0.4, 0.5) is 11.4 Å². The minimum Gasteiger partial charge on any atom is -0.466 e. The van der Waals surface area contributed by atoms with Gasteiger partial charge in [0.25, 0.3) is 5.69 Å². The molecular formula is C17H23N3O5. The molecule has 1 aromatic rings. The van der Waals surface area contributed by atoms with Gasteiger partial charge in [0.05, 0.1) is 24.0 Å². The van der Waals surface area contributed by atoms with E-state index in [1.54, 1.807) is 26.0 Å². The number of piperidine rings is 1. The van der Waals surface area contributed by atoms with Crippen LogP contribution in [0.15, 0.2) is 18.2 Å². The molecular weight excluding hydrogens is 326 g/mol. The number of aryl methyl sites for hydroxylation is 1. The first-order valence-corrected chi connectivity index (χ1v) is 8.35. The Morgan fingerprint density at radius 3 is 2.64 bits per heavy atom. The van der Waals surface area contributed by atoms with Crippen molar-refractivity contribution in [1.29, 1.82) is 0 Å². The third-order valence-corrected chi connectivity index (χ3v) is 4.29. The number of nitro benzene ring substituents is 1. The monoisotopic (exact) mass is 349 g/mol. The van der Waals surface area contributed by atoms with Gasteiger partial charge >= 0.3 is 5.97 Å². The average Bonchev–Trinajstić information content (AvgIpc) is 2.57. The minimum absolute atomic E-state index is 0.114. The Morgan fingerprint density at radius 2 is 2.04 bits per heavy atom. The van der Waals surface area contributed by atoms with E-state index >= 15 is 0 Å². The number of nitro groups is 1. The molecule has 1 amide bonds. The molecule has 25 heavy (non-hydrogen) atoms. The molecule has 0 unspecified atom stereocenters. The molecule has 0 aromatic heterocycles. The predicted octanol–water partition coefficient (Wildman–Crippen LogP) is 2.12. The molecule has 1 aromatic carbocycles. The number of hydrogen-bond donors (Lipinski definition) is 1. The highest BCUT2D eigenvalue weighted by Gasteiger charge is 2.27. The highest BCUT2D eigenvalue weighted by Crippen LogP contribution is 2.27. The summed E-state index contributed by atoms with van der Waals surface area (Å²) >= 11 is 0. The Kier molecular flexibility index (Phi) is 6.46. The predicted molar refractivity (Wildman–Crippen MR) is 92.3 cm³/mol. The largest absolute Gasteiger partial charge is 0.466 e. The molecule has 1 aliphatic heterocycles. The van der Waals surface area contributed by atoms with E-state index < -0.39 is 4.92 Å². The number of esters is 1. The van der Waals surface area contributed by atoms with Crippen molar-refractivity contribution < 1.29 is 19.2 Å². The Balaban J connectivity index is 1.90. The smallest absolute Gasteiger partial charge is 0.309 e. The van der Waals surface area contributed by atoms with Gasteiger partial charge in [-0.05, 0) is 45.3 Å². The second kappa shape index (κ2) is 8.57. The summed E-state index contributed by atoms with van der Waals surface area (Å²) in [5.74, 6) is -0.592. The second-order valence-electron chi connectivity index (χ2n) is 6.08. The first kappa shape index (κ1) is 18.9. The molecule has 0 atom stereocenters. The molecule has 8 heteroatoms. The standard InChI is InChI=1S/C17H23N3O5/c1-3-25-17(22)13-7-9-19(10-8-13)11-15(21)18-16-12(2)5-4-6-14(16)20(23)24/h4-6,13H,3,7-11H2,1-2H3,(H,18,21). The van der Waals surface area contributed by atoms with Crippen LogP contribution in [-0.4, -0.2) is 47.9 Å². The van der Waals surface area contributed by atoms with E-state index in [2.05, 4.69) is 5.32 Å². The summed E-state index contributed by atoms with van der Waals surface area (Å²) in [6, 6.07) is 4.67. The third kappa shape index (κ3) is 4.99. The maximum Gasteiger partial charge on any atom is 0.309 e. The summed E-state index contributed by atoms with van der Waals surface area (Å²) in [4.78, 5) is 36.5. The maximum absolute atomic E-state index is 12.3. The van der Waals surface area contributed by atoms with E-state index in [0.717, 1.165) is 0 Å². The van der Waals surface area contributed by atoms with Crippen LogP contribution >= 0.6 is 0 Å². The Morgan fingerprint density at radius 1 is 1.36 bits per heavy atom. The number of anilines is 1. The number of benzene rings is 1. The number of nitrogens with zero attached hydrogens (tertiary/aromatic N) is 2. The lowest BCUT2D eigenvalue weighted by atomic mass is 9.97. The van der Waals surface area contributed by atoms with Crippen molar-refractivity contribution in [3.8, 4) is 0 Å². The summed E-state index contributed by atoms with van der Waals surface area (Å²) in [7, 11) is 0. The van der Waals surface area contributed by atoms with Crippen molar-refractivity contribution in [1.82, 2.24) is 4.90 Å². The van der Waals surface area contributed by atoms with Gasteiger partial charge in [0.1, 0.15) is 5.69 Å². The van der Waals surface area contributed by atoms with Gasteiger partial charge in [-0.2, -0.15) is 0 Å². The first-order chi connectivity index (χ1) is 11.9. The highest BCUT2D eigenvalue weighted by molar-refractivity contribution is 5.95. The van der Waals surface area contributed by atoms with E-state index in [0.29, 0.717) is 38.1 Å². The lowest BCUT2D eigenvalue weighted by molar-refractivity contribution is -0.384. The molecule has 1 fully saturated rings. The molecule has 0 bridgehead atoms. The highest BCUT2D eigenvalue weighted by atomic mass is 16.6. The number of carbonyl (C=O) groups is 2. The van der Waals surface area contributed by atoms with E-state index in [1.165, 1.54) is 6.07 Å². The van der Waals surface area contributed by atoms with Crippen LogP contribution in [0.1, 0.15) is 25.3 Å². The summed E-state index contributed by atoms with van der Waals surface area (Å²) in [5.41, 5.74) is 0.761. The van der Waals surface area contributed by atoms with E-state index in [1.807, 2.05) is 4.90 Å². The van der Waals surface area contributed by atoms with Gasteiger partial charge in [0.2, 0.25) is 5.91 Å². The van der Waals surface area contributed by atoms with Crippen molar-refractivity contribution >= 4 is 23.3 Å². The molecule has 136 valence electrons. The van der Waals surface area contributed by atoms with Gasteiger partial charge in [-0.15, -0.1) is 0 Å². The quantitative estimate of drug-likeness (QED) is 0.479. The van der Waals surface area contributed by atoms with Gasteiger partial charge < -0.3 is 10.1 Å². The van der Waals surface area contributed by atoms with Gasteiger partial charge in [-0.1, -0.05) is 12.1 Å². The lowest BCUT2D eigenvalue weighted by Gasteiger charge is -2.30. The van der Waals surface area contributed by atoms with E-state index in [-0.39, 0.29) is 35.7 Å². The van der Waals surface area contributed by atoms with Crippen LogP contribution in [0.2, 0.25) is 0 Å². The normalized spacial score (nSPS) is 15.6. The van der Waals surface area contributed by atoms with Gasteiger partial charge in [0.15, 0.2) is 0 Å². The zero-order chi connectivity index (χ0) is 18.4. The van der Waals surface area contributed by atoms with Crippen LogP contribution in [-0.2, 0) is 14.3 Å². The lowest BCUT2D eigenvalue weighted by Crippen LogP contribution is -2.41. The SMILES string of the molecule is CCOC(=O)C1CCN(CC(=O)Nc2c(C)cccc2[N+](=O)[O-])CC1. The number of likely N-dealkylation sites (tertiary alicyclic amines) is 1. The van der Waals surface area contributed by atoms with E-state index in [9.17, 15) is 19.7 Å². The molecule has 0 saturated carbocycles. The number of hydrogen-bond acceptors (Lipinski definition) is 6. The summed E-state index contributed by atoms with van der Waals surface area (Å²) in [6.07, 6.45) is 1.30. The third-order valence-electron chi connectivity index (χ3n) is 4.29. The van der Waals surface area contributed by atoms with Gasteiger partial charge in [0, 0.05) is 6.07 Å². The van der Waals surface area contributed by atoms with Crippen molar-refractivity contribution in [3.05, 3.63) is 33.9 Å². The molecule has 1 N–H and O–H groups in total. The van der Waals surface area contributed by atoms with Crippen LogP contribution < -0.4 is 5.32 Å². The number of nitrogens with one attached hydrogen (secondary N) is 1. The van der Waals surface area contributed by atoms with Crippen LogP contribution in [0.5, 0.6) is 0 Å². The maximum atomic E-state index is 12.3. The summed E-state index contributed by atoms with van der Waals surface area (Å²) in [6.45, 7) is 5.24. The Bertz CT molecular complexity index is 654. The molecule has 1 heterocycles. The number of amides is 1. The first-order valence-electron chi connectivity index (χ1n) is 8.35. The van der Waals surface area contributed by atoms with Gasteiger partial charge in [-0.25, -0.2) is 0 Å². The topological polar surface area (TPSA) is 102 Å². The molecule has 0 radical (unpaired) electrons. The van der Waals surface area contributed by atoms with Crippen molar-refractivity contribution in [3.63, 3.8) is 0 Å². The molecule has 0 aliphatic carbocycles. The molecule has 1 saturated heterocycles. The van der Waals surface area contributed by atoms with Crippen molar-refractivity contribution in [2.24, 2.45) is 5.92 Å². The fourth-order valence-electron chi connectivity index (χ4n) is 2.94. The number of para-hydroxylation sites is 1. The van der Waals surface area contributed by atoms with Gasteiger partial charge in [-0.3, -0.25) is 24.6 Å². The van der Waals surface area contributed by atoms with Crippen molar-refractivity contribution in [2.45, 2.75) is 26.7 Å².